The molecule has 122 valence electrons. The summed E-state index contributed by atoms with van der Waals surface area (Å²) in [6.07, 6.45) is 0. The number of hydrogen-bond acceptors (Lipinski definition) is 2. The molecular weight excluding hydrogens is 307 g/mol. The van der Waals surface area contributed by atoms with Crippen LogP contribution in [0.2, 0.25) is 0 Å². The van der Waals surface area contributed by atoms with Crippen LogP contribution in [-0.4, -0.2) is 10.5 Å². The maximum Gasteiger partial charge on any atom is 0.263 e. The van der Waals surface area contributed by atoms with Crippen molar-refractivity contribution in [3.63, 3.8) is 0 Å². The van der Waals surface area contributed by atoms with Crippen molar-refractivity contribution in [2.45, 2.75) is 13.5 Å². The molecule has 0 spiro atoms. The van der Waals surface area contributed by atoms with Crippen molar-refractivity contribution in [3.05, 3.63) is 81.4 Å². The molecular formula is C19H17FN2O2. The van der Waals surface area contributed by atoms with Gasteiger partial charge in [0.15, 0.2) is 0 Å². The van der Waals surface area contributed by atoms with Crippen molar-refractivity contribution < 1.29 is 9.18 Å². The molecule has 1 amide bonds. The van der Waals surface area contributed by atoms with Crippen molar-refractivity contribution in [3.8, 4) is 0 Å². The van der Waals surface area contributed by atoms with Gasteiger partial charge in [-0.2, -0.15) is 0 Å². The SMILES string of the molecule is Cc1c(C(=O)NCc2cccc(F)c2)c(=O)n(C)c2ccccc12. The number of carbonyl (C=O) groups is 1. The maximum atomic E-state index is 13.2. The van der Waals surface area contributed by atoms with Crippen LogP contribution in [0.1, 0.15) is 21.5 Å². The fraction of sp³-hybridized carbons (Fsp3) is 0.158. The van der Waals surface area contributed by atoms with Gasteiger partial charge in [-0.25, -0.2) is 4.39 Å². The van der Waals surface area contributed by atoms with Gasteiger partial charge in [0.2, 0.25) is 0 Å². The second-order valence-electron chi connectivity index (χ2n) is 5.69. The molecule has 0 unspecified atom stereocenters. The number of aromatic nitrogens is 1. The number of aryl methyl sites for hydroxylation is 2. The molecule has 0 atom stereocenters. The van der Waals surface area contributed by atoms with E-state index in [4.69, 9.17) is 0 Å². The molecule has 5 heteroatoms. The molecule has 0 aliphatic rings. The van der Waals surface area contributed by atoms with Gasteiger partial charge in [-0.1, -0.05) is 30.3 Å². The lowest BCUT2D eigenvalue weighted by atomic mass is 10.0. The maximum absolute atomic E-state index is 13.2. The minimum Gasteiger partial charge on any atom is -0.348 e. The third kappa shape index (κ3) is 2.80. The lowest BCUT2D eigenvalue weighted by Crippen LogP contribution is -2.33. The van der Waals surface area contributed by atoms with Gasteiger partial charge in [-0.05, 0) is 36.2 Å². The summed E-state index contributed by atoms with van der Waals surface area (Å²) in [6, 6.07) is 13.4. The molecule has 0 fully saturated rings. The van der Waals surface area contributed by atoms with Gasteiger partial charge in [0.25, 0.3) is 11.5 Å². The Bertz CT molecular complexity index is 992. The number of nitrogens with zero attached hydrogens (tertiary/aromatic N) is 1. The van der Waals surface area contributed by atoms with Crippen LogP contribution in [0.3, 0.4) is 0 Å². The largest absolute Gasteiger partial charge is 0.348 e. The van der Waals surface area contributed by atoms with Gasteiger partial charge in [-0.3, -0.25) is 9.59 Å². The molecule has 0 saturated heterocycles. The van der Waals surface area contributed by atoms with E-state index in [-0.39, 0.29) is 23.5 Å². The smallest absolute Gasteiger partial charge is 0.263 e. The minimum absolute atomic E-state index is 0.118. The van der Waals surface area contributed by atoms with E-state index in [0.29, 0.717) is 11.1 Å². The summed E-state index contributed by atoms with van der Waals surface area (Å²) in [5, 5.41) is 3.55. The Morgan fingerprint density at radius 3 is 2.67 bits per heavy atom. The van der Waals surface area contributed by atoms with Gasteiger partial charge in [0.05, 0.1) is 5.52 Å². The van der Waals surface area contributed by atoms with E-state index in [1.165, 1.54) is 16.7 Å². The fourth-order valence-corrected chi connectivity index (χ4v) is 2.84. The number of halogens is 1. The average Bonchev–Trinajstić information content (AvgIpc) is 2.58. The van der Waals surface area contributed by atoms with Crippen LogP contribution < -0.4 is 10.9 Å². The molecule has 0 saturated carbocycles. The monoisotopic (exact) mass is 324 g/mol. The summed E-state index contributed by atoms with van der Waals surface area (Å²) >= 11 is 0. The van der Waals surface area contributed by atoms with E-state index in [0.717, 1.165) is 10.9 Å². The predicted molar refractivity (Wildman–Crippen MR) is 91.5 cm³/mol. The first kappa shape index (κ1) is 15.9. The zero-order valence-electron chi connectivity index (χ0n) is 13.5. The van der Waals surface area contributed by atoms with Crippen molar-refractivity contribution in [2.75, 3.05) is 0 Å². The Hall–Kier alpha value is -2.95. The zero-order valence-corrected chi connectivity index (χ0v) is 13.5. The highest BCUT2D eigenvalue weighted by atomic mass is 19.1. The predicted octanol–water partition coefficient (Wildman–Crippen LogP) is 2.92. The number of fused-ring (bicyclic) bond motifs is 1. The summed E-state index contributed by atoms with van der Waals surface area (Å²) in [6.45, 7) is 1.92. The molecule has 1 aromatic heterocycles. The highest BCUT2D eigenvalue weighted by Crippen LogP contribution is 2.18. The molecule has 3 aromatic rings. The quantitative estimate of drug-likeness (QED) is 0.805. The third-order valence-electron chi connectivity index (χ3n) is 4.13. The van der Waals surface area contributed by atoms with Crippen LogP contribution in [0.5, 0.6) is 0 Å². The molecule has 4 nitrogen and oxygen atoms in total. The second kappa shape index (κ2) is 6.28. The van der Waals surface area contributed by atoms with Crippen LogP contribution in [0.4, 0.5) is 4.39 Å². The Morgan fingerprint density at radius 2 is 1.92 bits per heavy atom. The molecule has 1 heterocycles. The summed E-state index contributed by atoms with van der Waals surface area (Å²) in [7, 11) is 1.65. The number of pyridine rings is 1. The van der Waals surface area contributed by atoms with Crippen molar-refractivity contribution in [2.24, 2.45) is 7.05 Å². The number of amides is 1. The van der Waals surface area contributed by atoms with Gasteiger partial charge >= 0.3 is 0 Å². The Morgan fingerprint density at radius 1 is 1.17 bits per heavy atom. The topological polar surface area (TPSA) is 51.1 Å². The first-order valence-corrected chi connectivity index (χ1v) is 7.60. The van der Waals surface area contributed by atoms with Gasteiger partial charge in [-0.15, -0.1) is 0 Å². The molecule has 2 aromatic carbocycles. The van der Waals surface area contributed by atoms with Crippen LogP contribution in [0.25, 0.3) is 10.9 Å². The summed E-state index contributed by atoms with van der Waals surface area (Å²) in [4.78, 5) is 25.1. The fourth-order valence-electron chi connectivity index (χ4n) is 2.84. The van der Waals surface area contributed by atoms with Crippen LogP contribution in [0, 0.1) is 12.7 Å². The molecule has 24 heavy (non-hydrogen) atoms. The normalized spacial score (nSPS) is 10.8. The molecule has 0 aliphatic heterocycles. The zero-order chi connectivity index (χ0) is 17.3. The number of para-hydroxylation sites is 1. The minimum atomic E-state index is -0.455. The lowest BCUT2D eigenvalue weighted by molar-refractivity contribution is 0.0948. The number of carbonyl (C=O) groups excluding carboxylic acids is 1. The van der Waals surface area contributed by atoms with Crippen molar-refractivity contribution in [1.29, 1.82) is 0 Å². The van der Waals surface area contributed by atoms with Crippen molar-refractivity contribution in [1.82, 2.24) is 9.88 Å². The lowest BCUT2D eigenvalue weighted by Gasteiger charge is -2.13. The van der Waals surface area contributed by atoms with E-state index in [9.17, 15) is 14.0 Å². The first-order chi connectivity index (χ1) is 11.5. The van der Waals surface area contributed by atoms with Crippen LogP contribution in [-0.2, 0) is 13.6 Å². The number of nitrogens with one attached hydrogen (secondary N) is 1. The molecule has 1 N–H and O–H groups in total. The van der Waals surface area contributed by atoms with Gasteiger partial charge in [0.1, 0.15) is 11.4 Å². The molecule has 0 radical (unpaired) electrons. The highest BCUT2D eigenvalue weighted by Gasteiger charge is 2.18. The summed E-state index contributed by atoms with van der Waals surface area (Å²) in [5.74, 6) is -0.817. The average molecular weight is 324 g/mol. The standard InChI is InChI=1S/C19H17FN2O2/c1-12-15-8-3-4-9-16(15)22(2)19(24)17(12)18(23)21-11-13-6-5-7-14(20)10-13/h3-10H,11H2,1-2H3,(H,21,23). The van der Waals surface area contributed by atoms with Crippen LogP contribution in [0.15, 0.2) is 53.3 Å². The van der Waals surface area contributed by atoms with Gasteiger partial charge < -0.3 is 9.88 Å². The van der Waals surface area contributed by atoms with Crippen molar-refractivity contribution >= 4 is 16.8 Å². The molecule has 0 aliphatic carbocycles. The second-order valence-corrected chi connectivity index (χ2v) is 5.69. The number of rotatable bonds is 3. The number of hydrogen-bond donors (Lipinski definition) is 1. The van der Waals surface area contributed by atoms with E-state index < -0.39 is 5.91 Å². The van der Waals surface area contributed by atoms with E-state index in [1.807, 2.05) is 24.3 Å². The molecule has 3 rings (SSSR count). The van der Waals surface area contributed by atoms with Crippen LogP contribution >= 0.6 is 0 Å². The third-order valence-corrected chi connectivity index (χ3v) is 4.13. The van der Waals surface area contributed by atoms with E-state index >= 15 is 0 Å². The Labute approximate surface area is 138 Å². The Kier molecular flexibility index (Phi) is 4.16. The Balaban J connectivity index is 1.97. The highest BCUT2D eigenvalue weighted by molar-refractivity contribution is 6.00. The first-order valence-electron chi connectivity index (χ1n) is 7.60. The molecule has 0 bridgehead atoms. The van der Waals surface area contributed by atoms with E-state index in [1.54, 1.807) is 26.1 Å². The summed E-state index contributed by atoms with van der Waals surface area (Å²) < 4.78 is 14.7. The number of benzene rings is 2. The van der Waals surface area contributed by atoms with E-state index in [2.05, 4.69) is 5.32 Å². The van der Waals surface area contributed by atoms with Gasteiger partial charge in [0, 0.05) is 19.0 Å². The summed E-state index contributed by atoms with van der Waals surface area (Å²) in [5.41, 5.74) is 1.83.